The normalized spacial score (nSPS) is 21.5. The Kier molecular flexibility index (Phi) is 4.75. The molecule has 2 saturated carbocycles. The van der Waals surface area contributed by atoms with Crippen LogP contribution in [-0.4, -0.2) is 28.5 Å². The van der Waals surface area contributed by atoms with E-state index in [9.17, 15) is 4.79 Å². The van der Waals surface area contributed by atoms with Gasteiger partial charge in [-0.05, 0) is 57.3 Å². The number of aromatic nitrogens is 2. The second-order valence-corrected chi connectivity index (χ2v) is 8.46. The highest BCUT2D eigenvalue weighted by Gasteiger charge is 2.31. The standard InChI is InChI=1S/C23H27N3O2/c27-22(24-18-10-11-18)17-8-12-19-20(13-9-17)25-21(16-4-2-1-3-5-16)26-23(19)28-14-15-6-7-15/h1-5,15,17-18H,6-14H2,(H,24,27). The van der Waals surface area contributed by atoms with Gasteiger partial charge in [0.2, 0.25) is 11.8 Å². The number of aryl methyl sites for hydroxylation is 1. The second-order valence-electron chi connectivity index (χ2n) is 8.46. The Labute approximate surface area is 165 Å². The number of nitrogens with one attached hydrogen (secondary N) is 1. The zero-order valence-corrected chi connectivity index (χ0v) is 16.2. The monoisotopic (exact) mass is 377 g/mol. The molecule has 28 heavy (non-hydrogen) atoms. The molecule has 1 aromatic heterocycles. The molecule has 2 aromatic rings. The van der Waals surface area contributed by atoms with Crippen molar-refractivity contribution in [3.63, 3.8) is 0 Å². The van der Waals surface area contributed by atoms with E-state index in [0.29, 0.717) is 12.0 Å². The number of hydrogen-bond acceptors (Lipinski definition) is 4. The molecule has 0 saturated heterocycles. The lowest BCUT2D eigenvalue weighted by Gasteiger charge is -2.14. The van der Waals surface area contributed by atoms with Crippen molar-refractivity contribution in [3.05, 3.63) is 41.6 Å². The van der Waals surface area contributed by atoms with Crippen LogP contribution < -0.4 is 10.1 Å². The topological polar surface area (TPSA) is 64.1 Å². The van der Waals surface area contributed by atoms with Gasteiger partial charge in [-0.25, -0.2) is 4.98 Å². The molecule has 1 aromatic carbocycles. The molecule has 5 nitrogen and oxygen atoms in total. The minimum atomic E-state index is 0.0613. The number of carbonyl (C=O) groups excluding carboxylic acids is 1. The van der Waals surface area contributed by atoms with Gasteiger partial charge in [-0.15, -0.1) is 0 Å². The molecule has 146 valence electrons. The highest BCUT2D eigenvalue weighted by Crippen LogP contribution is 2.34. The summed E-state index contributed by atoms with van der Waals surface area (Å²) in [6.45, 7) is 0.739. The van der Waals surface area contributed by atoms with E-state index in [2.05, 4.69) is 5.32 Å². The summed E-state index contributed by atoms with van der Waals surface area (Å²) in [6.07, 6.45) is 8.07. The van der Waals surface area contributed by atoms with Crippen LogP contribution in [0.25, 0.3) is 11.4 Å². The third-order valence-corrected chi connectivity index (χ3v) is 6.01. The van der Waals surface area contributed by atoms with Crippen molar-refractivity contribution in [2.75, 3.05) is 6.61 Å². The van der Waals surface area contributed by atoms with E-state index in [1.165, 1.54) is 12.8 Å². The lowest BCUT2D eigenvalue weighted by Crippen LogP contribution is -2.32. The molecule has 1 atom stereocenters. The molecule has 3 aliphatic carbocycles. The Morgan fingerprint density at radius 3 is 2.54 bits per heavy atom. The number of ether oxygens (including phenoxy) is 1. The molecule has 0 bridgehead atoms. The van der Waals surface area contributed by atoms with Crippen molar-refractivity contribution in [1.82, 2.24) is 15.3 Å². The molecule has 5 heteroatoms. The van der Waals surface area contributed by atoms with Gasteiger partial charge in [0.15, 0.2) is 5.82 Å². The third kappa shape index (κ3) is 4.03. The van der Waals surface area contributed by atoms with Crippen LogP contribution in [0, 0.1) is 11.8 Å². The number of rotatable bonds is 6. The molecule has 0 radical (unpaired) electrons. The molecular formula is C23H27N3O2. The number of benzene rings is 1. The van der Waals surface area contributed by atoms with Crippen LogP contribution in [0.2, 0.25) is 0 Å². The van der Waals surface area contributed by atoms with Crippen LogP contribution in [0.5, 0.6) is 5.88 Å². The molecule has 1 unspecified atom stereocenters. The summed E-state index contributed by atoms with van der Waals surface area (Å²) in [5.74, 6) is 2.41. The first-order valence-electron chi connectivity index (χ1n) is 10.6. The first kappa shape index (κ1) is 17.7. The summed E-state index contributed by atoms with van der Waals surface area (Å²) in [5.41, 5.74) is 3.18. The maximum Gasteiger partial charge on any atom is 0.223 e. The van der Waals surface area contributed by atoms with E-state index in [0.717, 1.165) is 73.7 Å². The molecule has 3 aliphatic rings. The van der Waals surface area contributed by atoms with Gasteiger partial charge in [-0.2, -0.15) is 4.98 Å². The third-order valence-electron chi connectivity index (χ3n) is 6.01. The first-order valence-corrected chi connectivity index (χ1v) is 10.6. The van der Waals surface area contributed by atoms with Gasteiger partial charge < -0.3 is 10.1 Å². The summed E-state index contributed by atoms with van der Waals surface area (Å²) in [5, 5.41) is 3.17. The predicted octanol–water partition coefficient (Wildman–Crippen LogP) is 3.71. The van der Waals surface area contributed by atoms with Gasteiger partial charge in [-0.3, -0.25) is 4.79 Å². The zero-order chi connectivity index (χ0) is 18.9. The van der Waals surface area contributed by atoms with Gasteiger partial charge in [-0.1, -0.05) is 30.3 Å². The van der Waals surface area contributed by atoms with Crippen molar-refractivity contribution in [3.8, 4) is 17.3 Å². The zero-order valence-electron chi connectivity index (χ0n) is 16.2. The molecule has 1 amide bonds. The quantitative estimate of drug-likeness (QED) is 0.780. The van der Waals surface area contributed by atoms with Gasteiger partial charge in [0.1, 0.15) is 0 Å². The summed E-state index contributed by atoms with van der Waals surface area (Å²) in [7, 11) is 0. The van der Waals surface area contributed by atoms with Crippen LogP contribution >= 0.6 is 0 Å². The van der Waals surface area contributed by atoms with Crippen LogP contribution in [0.15, 0.2) is 30.3 Å². The maximum atomic E-state index is 12.6. The van der Waals surface area contributed by atoms with Gasteiger partial charge in [0.25, 0.3) is 0 Å². The van der Waals surface area contributed by atoms with Crippen molar-refractivity contribution >= 4 is 5.91 Å². The predicted molar refractivity (Wildman–Crippen MR) is 107 cm³/mol. The highest BCUT2D eigenvalue weighted by molar-refractivity contribution is 5.79. The van der Waals surface area contributed by atoms with Crippen molar-refractivity contribution in [2.45, 2.75) is 57.4 Å². The number of nitrogens with zero attached hydrogens (tertiary/aromatic N) is 2. The number of carbonyl (C=O) groups is 1. The molecular weight excluding hydrogens is 350 g/mol. The fourth-order valence-corrected chi connectivity index (χ4v) is 3.87. The molecule has 1 heterocycles. The number of fused-ring (bicyclic) bond motifs is 1. The first-order chi connectivity index (χ1) is 13.8. The van der Waals surface area contributed by atoms with Crippen molar-refractivity contribution in [2.24, 2.45) is 11.8 Å². The fourth-order valence-electron chi connectivity index (χ4n) is 3.87. The Morgan fingerprint density at radius 1 is 1.00 bits per heavy atom. The van der Waals surface area contributed by atoms with E-state index >= 15 is 0 Å². The Morgan fingerprint density at radius 2 is 1.79 bits per heavy atom. The van der Waals surface area contributed by atoms with Gasteiger partial charge in [0.05, 0.1) is 12.3 Å². The molecule has 2 fully saturated rings. The average molecular weight is 377 g/mol. The van der Waals surface area contributed by atoms with E-state index in [-0.39, 0.29) is 11.8 Å². The fraction of sp³-hybridized carbons (Fsp3) is 0.522. The van der Waals surface area contributed by atoms with Crippen LogP contribution in [0.1, 0.15) is 49.8 Å². The summed E-state index contributed by atoms with van der Waals surface area (Å²) in [4.78, 5) is 22.3. The van der Waals surface area contributed by atoms with Crippen LogP contribution in [0.3, 0.4) is 0 Å². The van der Waals surface area contributed by atoms with E-state index in [1.807, 2.05) is 30.3 Å². The van der Waals surface area contributed by atoms with E-state index in [4.69, 9.17) is 14.7 Å². The Balaban J connectivity index is 1.41. The lowest BCUT2D eigenvalue weighted by atomic mass is 9.99. The largest absolute Gasteiger partial charge is 0.477 e. The summed E-state index contributed by atoms with van der Waals surface area (Å²) in [6, 6.07) is 10.5. The molecule has 0 spiro atoms. The summed E-state index contributed by atoms with van der Waals surface area (Å²) >= 11 is 0. The highest BCUT2D eigenvalue weighted by atomic mass is 16.5. The van der Waals surface area contributed by atoms with Crippen molar-refractivity contribution < 1.29 is 9.53 Å². The Bertz CT molecular complexity index is 860. The smallest absolute Gasteiger partial charge is 0.223 e. The lowest BCUT2D eigenvalue weighted by molar-refractivity contribution is -0.125. The molecule has 0 aliphatic heterocycles. The van der Waals surface area contributed by atoms with Gasteiger partial charge >= 0.3 is 0 Å². The number of amides is 1. The average Bonchev–Trinajstić information content (AvgIpc) is 3.61. The van der Waals surface area contributed by atoms with Crippen molar-refractivity contribution in [1.29, 1.82) is 0 Å². The van der Waals surface area contributed by atoms with Crippen LogP contribution in [-0.2, 0) is 17.6 Å². The van der Waals surface area contributed by atoms with E-state index < -0.39 is 0 Å². The number of hydrogen-bond donors (Lipinski definition) is 1. The van der Waals surface area contributed by atoms with Gasteiger partial charge in [0, 0.05) is 23.1 Å². The minimum Gasteiger partial charge on any atom is -0.477 e. The molecule has 5 rings (SSSR count). The second kappa shape index (κ2) is 7.53. The van der Waals surface area contributed by atoms with Crippen LogP contribution in [0.4, 0.5) is 0 Å². The SMILES string of the molecule is O=C(NC1CC1)C1CCc2nc(-c3ccccc3)nc(OCC3CC3)c2CC1. The molecule has 1 N–H and O–H groups in total. The maximum absolute atomic E-state index is 12.6. The van der Waals surface area contributed by atoms with E-state index in [1.54, 1.807) is 0 Å². The Hall–Kier alpha value is -2.43. The minimum absolute atomic E-state index is 0.0613. The summed E-state index contributed by atoms with van der Waals surface area (Å²) < 4.78 is 6.16.